The Morgan fingerprint density at radius 1 is 1.16 bits per heavy atom. The maximum absolute atomic E-state index is 12.0. The minimum atomic E-state index is -0.852. The Balaban J connectivity index is 2.42. The number of benzene rings is 1. The third-order valence-electron chi connectivity index (χ3n) is 2.52. The number of rotatable bonds is 6. The first-order valence-electron chi connectivity index (χ1n) is 6.35. The van der Waals surface area contributed by atoms with E-state index in [9.17, 15) is 4.21 Å². The summed E-state index contributed by atoms with van der Waals surface area (Å²) in [5.41, 5.74) is 4.92. The van der Waals surface area contributed by atoms with Crippen molar-refractivity contribution in [2.75, 3.05) is 5.75 Å². The monoisotopic (exact) mass is 294 g/mol. The van der Waals surface area contributed by atoms with Crippen LogP contribution < -0.4 is 0 Å². The van der Waals surface area contributed by atoms with Crippen LogP contribution in [0.3, 0.4) is 0 Å². The number of hydrogen-bond donors (Lipinski definition) is 0. The molecule has 1 aromatic rings. The van der Waals surface area contributed by atoms with Crippen LogP contribution in [0.25, 0.3) is 0 Å². The lowest BCUT2D eigenvalue weighted by Crippen LogP contribution is -1.94. The Morgan fingerprint density at radius 3 is 2.37 bits per heavy atom. The zero-order chi connectivity index (χ0) is 14.3. The molecule has 1 nitrogen and oxygen atoms in total. The van der Waals surface area contributed by atoms with Gasteiger partial charge in [-0.2, -0.15) is 0 Å². The van der Waals surface area contributed by atoms with Crippen molar-refractivity contribution in [1.29, 1.82) is 0 Å². The van der Waals surface area contributed by atoms with E-state index in [1.165, 1.54) is 27.5 Å². The first-order valence-corrected chi connectivity index (χ1v) is 9.17. The summed E-state index contributed by atoms with van der Waals surface area (Å²) >= 11 is 0. The van der Waals surface area contributed by atoms with E-state index in [0.717, 1.165) is 11.3 Å². The maximum Gasteiger partial charge on any atom is 0.0848 e. The fourth-order valence-corrected chi connectivity index (χ4v) is 4.02. The van der Waals surface area contributed by atoms with E-state index in [0.29, 0.717) is 5.75 Å². The van der Waals surface area contributed by atoms with Gasteiger partial charge in [0.1, 0.15) is 0 Å². The normalized spacial score (nSPS) is 13.2. The molecule has 0 saturated heterocycles. The summed E-state index contributed by atoms with van der Waals surface area (Å²) in [5, 5.41) is 0. The van der Waals surface area contributed by atoms with Gasteiger partial charge in [-0.1, -0.05) is 63.9 Å². The SMILES string of the molecule is CC(C)=CC=C(C)CS(=O)SCc1ccc(C)cc1. The van der Waals surface area contributed by atoms with Gasteiger partial charge >= 0.3 is 0 Å². The highest BCUT2D eigenvalue weighted by Crippen LogP contribution is 2.18. The highest BCUT2D eigenvalue weighted by Gasteiger charge is 2.02. The molecule has 0 aromatic heterocycles. The first-order chi connectivity index (χ1) is 8.97. The van der Waals surface area contributed by atoms with Gasteiger partial charge in [0.05, 0.1) is 15.6 Å². The van der Waals surface area contributed by atoms with Crippen molar-refractivity contribution in [3.05, 3.63) is 58.7 Å². The molecule has 0 N–H and O–H groups in total. The van der Waals surface area contributed by atoms with E-state index in [1.54, 1.807) is 0 Å². The third kappa shape index (κ3) is 7.38. The Kier molecular flexibility index (Phi) is 7.17. The molecule has 19 heavy (non-hydrogen) atoms. The average Bonchev–Trinajstić information content (AvgIpc) is 2.36. The van der Waals surface area contributed by atoms with Gasteiger partial charge < -0.3 is 0 Å². The van der Waals surface area contributed by atoms with Gasteiger partial charge in [-0.15, -0.1) is 0 Å². The molecular formula is C16H22OS2. The lowest BCUT2D eigenvalue weighted by Gasteiger charge is -2.03. The molecule has 1 rings (SSSR count). The topological polar surface area (TPSA) is 17.1 Å². The molecule has 0 fully saturated rings. The Bertz CT molecular complexity index is 480. The molecule has 0 spiro atoms. The van der Waals surface area contributed by atoms with E-state index in [-0.39, 0.29) is 0 Å². The molecule has 1 unspecified atom stereocenters. The van der Waals surface area contributed by atoms with Crippen LogP contribution in [0.15, 0.2) is 47.6 Å². The van der Waals surface area contributed by atoms with Gasteiger partial charge in [-0.25, -0.2) is 4.21 Å². The minimum Gasteiger partial charge on any atom is -0.248 e. The zero-order valence-electron chi connectivity index (χ0n) is 12.1. The van der Waals surface area contributed by atoms with Crippen molar-refractivity contribution >= 4 is 20.6 Å². The number of allylic oxidation sites excluding steroid dienone is 3. The summed E-state index contributed by atoms with van der Waals surface area (Å²) in [6, 6.07) is 8.40. The molecular weight excluding hydrogens is 272 g/mol. The largest absolute Gasteiger partial charge is 0.248 e. The van der Waals surface area contributed by atoms with Crippen LogP contribution in [0, 0.1) is 6.92 Å². The van der Waals surface area contributed by atoms with Gasteiger partial charge in [-0.3, -0.25) is 0 Å². The lowest BCUT2D eigenvalue weighted by molar-refractivity contribution is 0.692. The molecule has 0 saturated carbocycles. The number of hydrogen-bond acceptors (Lipinski definition) is 2. The van der Waals surface area contributed by atoms with Gasteiger partial charge in [-0.05, 0) is 33.3 Å². The van der Waals surface area contributed by atoms with Gasteiger partial charge in [0, 0.05) is 5.75 Å². The lowest BCUT2D eigenvalue weighted by atomic mass is 10.2. The van der Waals surface area contributed by atoms with Gasteiger partial charge in [0.25, 0.3) is 0 Å². The molecule has 0 radical (unpaired) electrons. The van der Waals surface area contributed by atoms with Crippen molar-refractivity contribution < 1.29 is 4.21 Å². The van der Waals surface area contributed by atoms with Crippen molar-refractivity contribution in [3.63, 3.8) is 0 Å². The van der Waals surface area contributed by atoms with Crippen LogP contribution in [0.2, 0.25) is 0 Å². The average molecular weight is 294 g/mol. The number of aryl methyl sites for hydroxylation is 1. The minimum absolute atomic E-state index is 0.639. The Morgan fingerprint density at radius 2 is 1.79 bits per heavy atom. The fourth-order valence-electron chi connectivity index (χ4n) is 1.40. The van der Waals surface area contributed by atoms with E-state index in [4.69, 9.17) is 0 Å². The van der Waals surface area contributed by atoms with Crippen LogP contribution >= 0.6 is 10.8 Å². The Hall–Kier alpha value is -0.800. The second-order valence-electron chi connectivity index (χ2n) is 4.95. The first kappa shape index (κ1) is 16.3. The van der Waals surface area contributed by atoms with E-state index in [2.05, 4.69) is 57.2 Å². The van der Waals surface area contributed by atoms with Crippen LogP contribution in [0.5, 0.6) is 0 Å². The van der Waals surface area contributed by atoms with Gasteiger partial charge in [0.15, 0.2) is 0 Å². The predicted octanol–water partition coefficient (Wildman–Crippen LogP) is 4.80. The standard InChI is InChI=1S/C16H22OS2/c1-13(2)5-6-15(4)12-19(17)18-11-16-9-7-14(3)8-10-16/h5-10H,11-12H2,1-4H3. The van der Waals surface area contributed by atoms with Crippen molar-refractivity contribution in [3.8, 4) is 0 Å². The van der Waals surface area contributed by atoms with Crippen molar-refractivity contribution in [2.24, 2.45) is 0 Å². The van der Waals surface area contributed by atoms with Gasteiger partial charge in [0.2, 0.25) is 0 Å². The molecule has 0 bridgehead atoms. The van der Waals surface area contributed by atoms with E-state index < -0.39 is 9.83 Å². The van der Waals surface area contributed by atoms with Crippen LogP contribution in [0.4, 0.5) is 0 Å². The second kappa shape index (κ2) is 8.39. The molecule has 1 aromatic carbocycles. The Labute approximate surface area is 123 Å². The van der Waals surface area contributed by atoms with E-state index >= 15 is 0 Å². The smallest absolute Gasteiger partial charge is 0.0848 e. The molecule has 104 valence electrons. The molecule has 3 heteroatoms. The summed E-state index contributed by atoms with van der Waals surface area (Å²) < 4.78 is 12.0. The molecule has 0 aliphatic rings. The summed E-state index contributed by atoms with van der Waals surface area (Å²) in [6.07, 6.45) is 4.12. The predicted molar refractivity (Wildman–Crippen MR) is 88.7 cm³/mol. The highest BCUT2D eigenvalue weighted by atomic mass is 33.1. The quantitative estimate of drug-likeness (QED) is 0.553. The highest BCUT2D eigenvalue weighted by molar-refractivity contribution is 8.68. The summed E-state index contributed by atoms with van der Waals surface area (Å²) in [4.78, 5) is 0. The molecule has 0 amide bonds. The molecule has 0 aliphatic carbocycles. The van der Waals surface area contributed by atoms with Crippen molar-refractivity contribution in [2.45, 2.75) is 33.4 Å². The van der Waals surface area contributed by atoms with Crippen LogP contribution in [-0.2, 0) is 15.6 Å². The second-order valence-corrected chi connectivity index (χ2v) is 8.20. The van der Waals surface area contributed by atoms with E-state index in [1.807, 2.05) is 6.92 Å². The fraction of sp³-hybridized carbons (Fsp3) is 0.375. The summed E-state index contributed by atoms with van der Waals surface area (Å²) in [7, 11) is 0.657. The van der Waals surface area contributed by atoms with Crippen LogP contribution in [0.1, 0.15) is 31.9 Å². The molecule has 0 aliphatic heterocycles. The van der Waals surface area contributed by atoms with Crippen LogP contribution in [-0.4, -0.2) is 9.96 Å². The molecule has 0 heterocycles. The summed E-state index contributed by atoms with van der Waals surface area (Å²) in [5.74, 6) is 1.45. The molecule has 1 atom stereocenters. The summed E-state index contributed by atoms with van der Waals surface area (Å²) in [6.45, 7) is 8.23. The van der Waals surface area contributed by atoms with Crippen molar-refractivity contribution in [1.82, 2.24) is 0 Å². The third-order valence-corrected chi connectivity index (χ3v) is 5.43. The maximum atomic E-state index is 12.0. The zero-order valence-corrected chi connectivity index (χ0v) is 13.7.